The van der Waals surface area contributed by atoms with Gasteiger partial charge in [0.25, 0.3) is 0 Å². The van der Waals surface area contributed by atoms with Crippen molar-refractivity contribution in [3.8, 4) is 5.75 Å². The van der Waals surface area contributed by atoms with Gasteiger partial charge in [0.1, 0.15) is 42.0 Å². The molecule has 1 aliphatic heterocycles. The first-order valence-corrected chi connectivity index (χ1v) is 9.10. The van der Waals surface area contributed by atoms with Crippen LogP contribution in [0.4, 0.5) is 4.39 Å². The van der Waals surface area contributed by atoms with Crippen molar-refractivity contribution in [3.63, 3.8) is 0 Å². The number of ether oxygens (including phenoxy) is 2. The first-order valence-electron chi connectivity index (χ1n) is 8.05. The number of benzene rings is 1. The Labute approximate surface area is 154 Å². The van der Waals surface area contributed by atoms with Crippen molar-refractivity contribution in [2.24, 2.45) is 0 Å². The van der Waals surface area contributed by atoms with Crippen LogP contribution in [0.3, 0.4) is 0 Å². The average Bonchev–Trinajstić information content (AvgIpc) is 3.29. The maximum Gasteiger partial charge on any atom is 0.329 e. The largest absolute Gasteiger partial charge is 0.490 e. The van der Waals surface area contributed by atoms with E-state index in [9.17, 15) is 14.0 Å². The zero-order valence-corrected chi connectivity index (χ0v) is 14.9. The Morgan fingerprint density at radius 2 is 2.04 bits per heavy atom. The number of nitrogens with zero attached hydrogens (tertiary/aromatic N) is 1. The van der Waals surface area contributed by atoms with Gasteiger partial charge in [-0.05, 0) is 36.4 Å². The molecule has 1 aromatic carbocycles. The average molecular weight is 379 g/mol. The summed E-state index contributed by atoms with van der Waals surface area (Å²) in [6.45, 7) is 1.59. The second kappa shape index (κ2) is 8.27. The Balaban J connectivity index is 1.52. The molecule has 0 bridgehead atoms. The highest BCUT2D eigenvalue weighted by atomic mass is 32.2. The van der Waals surface area contributed by atoms with Crippen LogP contribution in [-0.4, -0.2) is 41.8 Å². The highest BCUT2D eigenvalue weighted by molar-refractivity contribution is 7.99. The molecule has 6 nitrogen and oxygen atoms in total. The van der Waals surface area contributed by atoms with Crippen molar-refractivity contribution < 1.29 is 27.9 Å². The summed E-state index contributed by atoms with van der Waals surface area (Å²) in [6.07, 6.45) is 1.53. The van der Waals surface area contributed by atoms with Gasteiger partial charge in [-0.1, -0.05) is 0 Å². The monoisotopic (exact) mass is 379 g/mol. The molecule has 1 aliphatic rings. The number of thioether (sulfide) groups is 1. The van der Waals surface area contributed by atoms with E-state index in [0.717, 1.165) is 0 Å². The molecule has 3 rings (SSSR count). The summed E-state index contributed by atoms with van der Waals surface area (Å²) < 4.78 is 28.8. The molecule has 0 aliphatic carbocycles. The lowest BCUT2D eigenvalue weighted by molar-refractivity contribution is -0.154. The summed E-state index contributed by atoms with van der Waals surface area (Å²) in [7, 11) is 0. The van der Waals surface area contributed by atoms with Crippen molar-refractivity contribution in [3.05, 3.63) is 54.2 Å². The molecule has 2 aromatic rings. The van der Waals surface area contributed by atoms with E-state index < -0.39 is 12.0 Å². The fourth-order valence-electron chi connectivity index (χ4n) is 2.65. The highest BCUT2D eigenvalue weighted by Crippen LogP contribution is 2.41. The zero-order chi connectivity index (χ0) is 18.5. The van der Waals surface area contributed by atoms with Gasteiger partial charge in [0, 0.05) is 12.7 Å². The lowest BCUT2D eigenvalue weighted by atomic mass is 10.2. The van der Waals surface area contributed by atoms with E-state index in [0.29, 0.717) is 17.3 Å². The molecule has 26 heavy (non-hydrogen) atoms. The SMILES string of the molecule is CC(=O)N1[C@@H](c2ccco2)SC[C@H]1C(=O)OCCOc1ccc(F)cc1. The molecule has 8 heteroatoms. The van der Waals surface area contributed by atoms with Crippen LogP contribution >= 0.6 is 11.8 Å². The number of amides is 1. The molecule has 2 atom stereocenters. The third kappa shape index (κ3) is 4.19. The Morgan fingerprint density at radius 3 is 2.69 bits per heavy atom. The van der Waals surface area contributed by atoms with Crippen LogP contribution in [0.15, 0.2) is 47.1 Å². The van der Waals surface area contributed by atoms with Crippen LogP contribution in [0.5, 0.6) is 5.75 Å². The summed E-state index contributed by atoms with van der Waals surface area (Å²) in [4.78, 5) is 25.9. The summed E-state index contributed by atoms with van der Waals surface area (Å²) in [5.74, 6) is 0.494. The first-order chi connectivity index (χ1) is 12.6. The number of hydrogen-bond acceptors (Lipinski definition) is 6. The molecule has 1 amide bonds. The molecule has 138 valence electrons. The van der Waals surface area contributed by atoms with E-state index in [1.54, 1.807) is 12.1 Å². The van der Waals surface area contributed by atoms with Crippen LogP contribution in [-0.2, 0) is 14.3 Å². The quantitative estimate of drug-likeness (QED) is 0.568. The summed E-state index contributed by atoms with van der Waals surface area (Å²) in [5.41, 5.74) is 0. The topological polar surface area (TPSA) is 69.0 Å². The summed E-state index contributed by atoms with van der Waals surface area (Å²) >= 11 is 1.45. The van der Waals surface area contributed by atoms with Crippen molar-refractivity contribution >= 4 is 23.6 Å². The van der Waals surface area contributed by atoms with E-state index in [1.807, 2.05) is 0 Å². The Bertz CT molecular complexity index is 749. The number of carbonyl (C=O) groups is 2. The smallest absolute Gasteiger partial charge is 0.329 e. The fraction of sp³-hybridized carbons (Fsp3) is 0.333. The lowest BCUT2D eigenvalue weighted by Crippen LogP contribution is -2.43. The second-order valence-electron chi connectivity index (χ2n) is 5.61. The highest BCUT2D eigenvalue weighted by Gasteiger charge is 2.43. The first kappa shape index (κ1) is 18.3. The zero-order valence-electron chi connectivity index (χ0n) is 14.1. The van der Waals surface area contributed by atoms with Crippen LogP contribution in [0.25, 0.3) is 0 Å². The molecule has 0 radical (unpaired) electrons. The van der Waals surface area contributed by atoms with Crippen LogP contribution < -0.4 is 4.74 Å². The molecular weight excluding hydrogens is 361 g/mol. The summed E-state index contributed by atoms with van der Waals surface area (Å²) in [6, 6.07) is 8.42. The number of rotatable bonds is 6. The van der Waals surface area contributed by atoms with Gasteiger partial charge in [0.05, 0.1) is 6.26 Å². The minimum Gasteiger partial charge on any atom is -0.490 e. The minimum atomic E-state index is -0.668. The fourth-order valence-corrected chi connectivity index (χ4v) is 4.07. The maximum absolute atomic E-state index is 12.8. The number of furan rings is 1. The van der Waals surface area contributed by atoms with Crippen LogP contribution in [0.1, 0.15) is 18.1 Å². The van der Waals surface area contributed by atoms with Crippen molar-refractivity contribution in [1.29, 1.82) is 0 Å². The Morgan fingerprint density at radius 1 is 1.27 bits per heavy atom. The van der Waals surface area contributed by atoms with E-state index in [1.165, 1.54) is 54.1 Å². The van der Waals surface area contributed by atoms with Crippen LogP contribution in [0, 0.1) is 5.82 Å². The van der Waals surface area contributed by atoms with Crippen molar-refractivity contribution in [2.45, 2.75) is 18.3 Å². The molecule has 1 fully saturated rings. The number of esters is 1. The predicted octanol–water partition coefficient (Wildman–Crippen LogP) is 3.00. The minimum absolute atomic E-state index is 0.0362. The molecule has 2 heterocycles. The second-order valence-corrected chi connectivity index (χ2v) is 6.73. The third-order valence-electron chi connectivity index (χ3n) is 3.83. The van der Waals surface area contributed by atoms with E-state index >= 15 is 0 Å². The maximum atomic E-state index is 12.8. The normalized spacial score (nSPS) is 19.4. The predicted molar refractivity (Wildman–Crippen MR) is 93.1 cm³/mol. The molecule has 1 aromatic heterocycles. The molecule has 0 saturated carbocycles. The van der Waals surface area contributed by atoms with Gasteiger partial charge in [0.2, 0.25) is 5.91 Å². The molecule has 0 spiro atoms. The van der Waals surface area contributed by atoms with E-state index in [2.05, 4.69) is 0 Å². The van der Waals surface area contributed by atoms with Gasteiger partial charge in [-0.25, -0.2) is 9.18 Å². The lowest BCUT2D eigenvalue weighted by Gasteiger charge is -2.25. The standard InChI is InChI=1S/C18H18FNO5S/c1-12(21)20-15(11-26-17(20)16-3-2-8-24-16)18(22)25-10-9-23-14-6-4-13(19)5-7-14/h2-8,15,17H,9-11H2,1H3/t15-,17+/m0/s1. The van der Waals surface area contributed by atoms with Gasteiger partial charge in [-0.15, -0.1) is 11.8 Å². The molecule has 0 N–H and O–H groups in total. The third-order valence-corrected chi connectivity index (χ3v) is 5.12. The Hall–Kier alpha value is -2.48. The molecular formula is C18H18FNO5S. The summed E-state index contributed by atoms with van der Waals surface area (Å²) in [5, 5.41) is -0.337. The van der Waals surface area contributed by atoms with Crippen molar-refractivity contribution in [2.75, 3.05) is 19.0 Å². The molecule has 1 saturated heterocycles. The van der Waals surface area contributed by atoms with Crippen LogP contribution in [0.2, 0.25) is 0 Å². The van der Waals surface area contributed by atoms with Gasteiger partial charge in [-0.3, -0.25) is 4.79 Å². The van der Waals surface area contributed by atoms with Gasteiger partial charge < -0.3 is 18.8 Å². The van der Waals surface area contributed by atoms with Crippen molar-refractivity contribution in [1.82, 2.24) is 4.90 Å². The number of halogens is 1. The van der Waals surface area contributed by atoms with Gasteiger partial charge in [-0.2, -0.15) is 0 Å². The Kier molecular flexibility index (Phi) is 5.82. The molecule has 0 unspecified atom stereocenters. The number of hydrogen-bond donors (Lipinski definition) is 0. The van der Waals surface area contributed by atoms with Gasteiger partial charge >= 0.3 is 5.97 Å². The van der Waals surface area contributed by atoms with Gasteiger partial charge in [0.15, 0.2) is 0 Å². The van der Waals surface area contributed by atoms with E-state index in [4.69, 9.17) is 13.9 Å². The number of carbonyl (C=O) groups excluding carboxylic acids is 2. The van der Waals surface area contributed by atoms with E-state index in [-0.39, 0.29) is 30.3 Å².